The number of nitrogens with one attached hydrogen (secondary N) is 1. The van der Waals surface area contributed by atoms with Crippen molar-refractivity contribution in [2.24, 2.45) is 5.92 Å². The standard InChI is InChI=1S/C14H22N4S/c1-9(2)6-16-14-17-10(3)8-18(14)12(5)13-15-7-11(4)19-13/h7-9,12H,6H2,1-5H3,(H,16,17). The van der Waals surface area contributed by atoms with Crippen LogP contribution in [0.3, 0.4) is 0 Å². The van der Waals surface area contributed by atoms with Crippen LogP contribution < -0.4 is 5.32 Å². The van der Waals surface area contributed by atoms with Gasteiger partial charge in [0.15, 0.2) is 0 Å². The maximum atomic E-state index is 4.56. The van der Waals surface area contributed by atoms with E-state index in [0.29, 0.717) is 5.92 Å². The predicted octanol–water partition coefficient (Wildman–Crippen LogP) is 3.63. The highest BCUT2D eigenvalue weighted by Gasteiger charge is 2.16. The van der Waals surface area contributed by atoms with Gasteiger partial charge in [0.1, 0.15) is 5.01 Å². The van der Waals surface area contributed by atoms with Crippen molar-refractivity contribution in [3.63, 3.8) is 0 Å². The second-order valence-corrected chi connectivity index (χ2v) is 6.64. The molecule has 0 aliphatic heterocycles. The molecule has 0 aliphatic rings. The molecule has 0 radical (unpaired) electrons. The molecule has 0 saturated heterocycles. The number of anilines is 1. The third kappa shape index (κ3) is 3.35. The summed E-state index contributed by atoms with van der Waals surface area (Å²) in [5.41, 5.74) is 1.03. The molecule has 5 heteroatoms. The highest BCUT2D eigenvalue weighted by atomic mass is 32.1. The van der Waals surface area contributed by atoms with E-state index in [1.54, 1.807) is 11.3 Å². The first-order chi connectivity index (χ1) is 8.97. The van der Waals surface area contributed by atoms with Crippen molar-refractivity contribution in [2.45, 2.75) is 40.7 Å². The molecule has 2 aromatic rings. The monoisotopic (exact) mass is 278 g/mol. The lowest BCUT2D eigenvalue weighted by Crippen LogP contribution is -2.15. The van der Waals surface area contributed by atoms with E-state index < -0.39 is 0 Å². The quantitative estimate of drug-likeness (QED) is 0.908. The van der Waals surface area contributed by atoms with E-state index in [4.69, 9.17) is 0 Å². The van der Waals surface area contributed by atoms with Crippen LogP contribution >= 0.6 is 11.3 Å². The minimum absolute atomic E-state index is 0.217. The van der Waals surface area contributed by atoms with Gasteiger partial charge in [0.25, 0.3) is 0 Å². The fraction of sp³-hybridized carbons (Fsp3) is 0.571. The lowest BCUT2D eigenvalue weighted by Gasteiger charge is -2.15. The highest BCUT2D eigenvalue weighted by Crippen LogP contribution is 2.26. The van der Waals surface area contributed by atoms with Gasteiger partial charge in [0.05, 0.1) is 11.7 Å². The van der Waals surface area contributed by atoms with Gasteiger partial charge in [-0.2, -0.15) is 0 Å². The highest BCUT2D eigenvalue weighted by molar-refractivity contribution is 7.11. The third-order valence-electron chi connectivity index (χ3n) is 2.93. The molecule has 0 bridgehead atoms. The van der Waals surface area contributed by atoms with Crippen LogP contribution in [0.25, 0.3) is 0 Å². The molecular formula is C14H22N4S. The van der Waals surface area contributed by atoms with E-state index in [-0.39, 0.29) is 6.04 Å². The molecule has 0 fully saturated rings. The molecule has 1 N–H and O–H groups in total. The van der Waals surface area contributed by atoms with Crippen molar-refractivity contribution in [3.8, 4) is 0 Å². The molecule has 2 heterocycles. The Kier molecular flexibility index (Phi) is 4.24. The van der Waals surface area contributed by atoms with Crippen LogP contribution in [0.1, 0.15) is 42.4 Å². The summed E-state index contributed by atoms with van der Waals surface area (Å²) >= 11 is 1.75. The summed E-state index contributed by atoms with van der Waals surface area (Å²) in [6.07, 6.45) is 4.02. The van der Waals surface area contributed by atoms with Crippen LogP contribution in [-0.2, 0) is 0 Å². The van der Waals surface area contributed by atoms with Crippen molar-refractivity contribution >= 4 is 17.3 Å². The van der Waals surface area contributed by atoms with Gasteiger partial charge in [-0.25, -0.2) is 9.97 Å². The van der Waals surface area contributed by atoms with E-state index in [1.165, 1.54) is 4.88 Å². The molecule has 0 spiro atoms. The first-order valence-electron chi connectivity index (χ1n) is 6.69. The summed E-state index contributed by atoms with van der Waals surface area (Å²) in [4.78, 5) is 10.3. The molecule has 0 saturated carbocycles. The smallest absolute Gasteiger partial charge is 0.203 e. The summed E-state index contributed by atoms with van der Waals surface area (Å²) in [5, 5.41) is 4.55. The summed E-state index contributed by atoms with van der Waals surface area (Å²) in [6.45, 7) is 11.6. The number of imidazole rings is 1. The number of hydrogen-bond donors (Lipinski definition) is 1. The molecule has 104 valence electrons. The van der Waals surface area contributed by atoms with Gasteiger partial charge in [-0.1, -0.05) is 13.8 Å². The zero-order valence-electron chi connectivity index (χ0n) is 12.3. The van der Waals surface area contributed by atoms with Crippen LogP contribution in [0.4, 0.5) is 5.95 Å². The number of aryl methyl sites for hydroxylation is 2. The Morgan fingerprint density at radius 2 is 2.05 bits per heavy atom. The van der Waals surface area contributed by atoms with Crippen LogP contribution in [0.15, 0.2) is 12.4 Å². The molecule has 2 aromatic heterocycles. The van der Waals surface area contributed by atoms with Crippen molar-refractivity contribution in [1.82, 2.24) is 14.5 Å². The molecule has 2 rings (SSSR count). The number of aromatic nitrogens is 3. The summed E-state index contributed by atoms with van der Waals surface area (Å²) in [7, 11) is 0. The van der Waals surface area contributed by atoms with Crippen LogP contribution in [-0.4, -0.2) is 21.1 Å². The lowest BCUT2D eigenvalue weighted by atomic mass is 10.2. The normalized spacial score (nSPS) is 12.9. The minimum atomic E-state index is 0.217. The molecule has 0 aromatic carbocycles. The second kappa shape index (κ2) is 5.74. The number of hydrogen-bond acceptors (Lipinski definition) is 4. The molecule has 1 atom stereocenters. The maximum absolute atomic E-state index is 4.56. The molecule has 0 aliphatic carbocycles. The van der Waals surface area contributed by atoms with Crippen molar-refractivity contribution < 1.29 is 0 Å². The molecule has 1 unspecified atom stereocenters. The van der Waals surface area contributed by atoms with Gasteiger partial charge in [-0.3, -0.25) is 0 Å². The predicted molar refractivity (Wildman–Crippen MR) is 81.0 cm³/mol. The van der Waals surface area contributed by atoms with Gasteiger partial charge in [-0.15, -0.1) is 11.3 Å². The Labute approximate surface area is 118 Å². The Morgan fingerprint density at radius 1 is 1.32 bits per heavy atom. The Morgan fingerprint density at radius 3 is 2.63 bits per heavy atom. The van der Waals surface area contributed by atoms with Gasteiger partial charge < -0.3 is 9.88 Å². The number of nitrogens with zero attached hydrogens (tertiary/aromatic N) is 3. The average Bonchev–Trinajstić information content (AvgIpc) is 2.92. The number of thiazole rings is 1. The Bertz CT molecular complexity index is 541. The minimum Gasteiger partial charge on any atom is -0.355 e. The maximum Gasteiger partial charge on any atom is 0.203 e. The van der Waals surface area contributed by atoms with Crippen LogP contribution in [0, 0.1) is 19.8 Å². The Hall–Kier alpha value is -1.36. The van der Waals surface area contributed by atoms with E-state index in [2.05, 4.69) is 53.7 Å². The average molecular weight is 278 g/mol. The first kappa shape index (κ1) is 14.1. The Balaban J connectivity index is 2.23. The topological polar surface area (TPSA) is 42.7 Å². The SMILES string of the molecule is Cc1cn(C(C)c2ncc(C)s2)c(NCC(C)C)n1. The molecule has 19 heavy (non-hydrogen) atoms. The zero-order valence-corrected chi connectivity index (χ0v) is 13.1. The largest absolute Gasteiger partial charge is 0.355 e. The number of rotatable bonds is 5. The first-order valence-corrected chi connectivity index (χ1v) is 7.50. The molecular weight excluding hydrogens is 256 g/mol. The van der Waals surface area contributed by atoms with Gasteiger partial charge in [-0.05, 0) is 26.7 Å². The molecule has 0 amide bonds. The third-order valence-corrected chi connectivity index (χ3v) is 4.02. The fourth-order valence-corrected chi connectivity index (χ4v) is 2.75. The van der Waals surface area contributed by atoms with Crippen molar-refractivity contribution in [2.75, 3.05) is 11.9 Å². The zero-order chi connectivity index (χ0) is 14.0. The van der Waals surface area contributed by atoms with Gasteiger partial charge >= 0.3 is 0 Å². The summed E-state index contributed by atoms with van der Waals surface area (Å²) < 4.78 is 2.18. The van der Waals surface area contributed by atoms with Crippen molar-refractivity contribution in [3.05, 3.63) is 28.0 Å². The van der Waals surface area contributed by atoms with Gasteiger partial charge in [0.2, 0.25) is 5.95 Å². The lowest BCUT2D eigenvalue weighted by molar-refractivity contribution is 0.625. The van der Waals surface area contributed by atoms with Crippen molar-refractivity contribution in [1.29, 1.82) is 0 Å². The summed E-state index contributed by atoms with van der Waals surface area (Å²) in [6, 6.07) is 0.217. The van der Waals surface area contributed by atoms with Crippen LogP contribution in [0.2, 0.25) is 0 Å². The second-order valence-electron chi connectivity index (χ2n) is 5.37. The van der Waals surface area contributed by atoms with Crippen LogP contribution in [0.5, 0.6) is 0 Å². The van der Waals surface area contributed by atoms with Gasteiger partial charge in [0, 0.05) is 23.8 Å². The van der Waals surface area contributed by atoms with E-state index in [9.17, 15) is 0 Å². The summed E-state index contributed by atoms with van der Waals surface area (Å²) in [5.74, 6) is 1.54. The van der Waals surface area contributed by atoms with E-state index >= 15 is 0 Å². The van der Waals surface area contributed by atoms with E-state index in [0.717, 1.165) is 23.2 Å². The van der Waals surface area contributed by atoms with E-state index in [1.807, 2.05) is 13.1 Å². The fourth-order valence-electron chi connectivity index (χ4n) is 1.92. The molecule has 4 nitrogen and oxygen atoms in total.